The molecule has 0 radical (unpaired) electrons. The number of piperazine rings is 1. The third kappa shape index (κ3) is 6.35. The number of benzene rings is 2. The number of aliphatic hydroxyl groups excluding tert-OH is 1. The van der Waals surface area contributed by atoms with E-state index >= 15 is 0 Å². The summed E-state index contributed by atoms with van der Waals surface area (Å²) in [6.07, 6.45) is 0. The van der Waals surface area contributed by atoms with Crippen molar-refractivity contribution >= 4 is 34.5 Å². The lowest BCUT2D eigenvalue weighted by molar-refractivity contribution is 0.0304. The first-order chi connectivity index (χ1) is 21.9. The van der Waals surface area contributed by atoms with Crippen LogP contribution in [0.2, 0.25) is 0 Å². The third-order valence-electron chi connectivity index (χ3n) is 8.61. The van der Waals surface area contributed by atoms with Gasteiger partial charge in [0.25, 0.3) is 0 Å². The molecule has 0 unspecified atom stereocenters. The van der Waals surface area contributed by atoms with Crippen molar-refractivity contribution in [2.24, 2.45) is 0 Å². The number of quaternary nitrogens is 1. The largest absolute Gasteiger partial charge is 0.493 e. The second-order valence-electron chi connectivity index (χ2n) is 11.4. The lowest BCUT2D eigenvalue weighted by Crippen LogP contribution is -2.58. The van der Waals surface area contributed by atoms with Crippen LogP contribution in [-0.2, 0) is 4.74 Å². The number of amides is 2. The summed E-state index contributed by atoms with van der Waals surface area (Å²) in [6.45, 7) is 7.23. The van der Waals surface area contributed by atoms with Crippen molar-refractivity contribution in [3.8, 4) is 22.8 Å². The lowest BCUT2D eigenvalue weighted by atomic mass is 10.1. The standard InChI is InChI=1S/C33H39N7O5/c1-23-5-4-6-25(21-23)34-33(42)39-13-11-38(12-14-39)31-30-27(36-32(37-31)40(15-18-41)16-19-45-20-17-40)9-8-26(35-30)24-7-10-28(43-2)29(22-24)44-3/h4-10,21-22,41H,11-20H2,1-3H3/p+1. The predicted molar refractivity (Wildman–Crippen MR) is 174 cm³/mol. The van der Waals surface area contributed by atoms with Crippen LogP contribution in [0.5, 0.6) is 11.5 Å². The van der Waals surface area contributed by atoms with Crippen molar-refractivity contribution in [1.82, 2.24) is 24.3 Å². The molecule has 2 aliphatic rings. The Kier molecular flexibility index (Phi) is 8.97. The van der Waals surface area contributed by atoms with E-state index in [0.29, 0.717) is 86.5 Å². The molecule has 12 heteroatoms. The van der Waals surface area contributed by atoms with Crippen LogP contribution in [0.4, 0.5) is 22.2 Å². The monoisotopic (exact) mass is 614 g/mol. The van der Waals surface area contributed by atoms with Crippen molar-refractivity contribution in [3.05, 3.63) is 60.2 Å². The number of pyridine rings is 1. The molecule has 0 saturated carbocycles. The third-order valence-corrected chi connectivity index (χ3v) is 8.61. The van der Waals surface area contributed by atoms with Crippen LogP contribution in [0.25, 0.3) is 22.3 Å². The SMILES string of the molecule is COc1ccc(-c2ccc3nc([N+]4(CCO)CCOCC4)nc(N4CCN(C(=O)Nc5cccc(C)c5)CC4)c3n2)cc1OC. The molecule has 2 N–H and O–H groups in total. The van der Waals surface area contributed by atoms with Gasteiger partial charge in [-0.15, -0.1) is 0 Å². The Morgan fingerprint density at radius 2 is 1.73 bits per heavy atom. The average Bonchev–Trinajstić information content (AvgIpc) is 3.08. The predicted octanol–water partition coefficient (Wildman–Crippen LogP) is 3.70. The molecule has 4 aromatic rings. The van der Waals surface area contributed by atoms with Gasteiger partial charge in [-0.1, -0.05) is 12.1 Å². The van der Waals surface area contributed by atoms with Gasteiger partial charge >= 0.3 is 12.0 Å². The van der Waals surface area contributed by atoms with Gasteiger partial charge in [0.2, 0.25) is 0 Å². The number of hydrogen-bond acceptors (Lipinski definition) is 9. The molecule has 0 aliphatic carbocycles. The first-order valence-electron chi connectivity index (χ1n) is 15.3. The highest BCUT2D eigenvalue weighted by molar-refractivity contribution is 5.91. The number of nitrogens with one attached hydrogen (secondary N) is 1. The van der Waals surface area contributed by atoms with E-state index in [4.69, 9.17) is 29.2 Å². The summed E-state index contributed by atoms with van der Waals surface area (Å²) >= 11 is 0. The summed E-state index contributed by atoms with van der Waals surface area (Å²) in [6, 6.07) is 17.3. The molecule has 2 amide bonds. The van der Waals surface area contributed by atoms with E-state index < -0.39 is 0 Å². The van der Waals surface area contributed by atoms with Gasteiger partial charge in [0.1, 0.15) is 30.7 Å². The van der Waals surface area contributed by atoms with Crippen LogP contribution in [0.15, 0.2) is 54.6 Å². The molecule has 0 spiro atoms. The van der Waals surface area contributed by atoms with Crippen LogP contribution in [-0.4, -0.2) is 111 Å². The summed E-state index contributed by atoms with van der Waals surface area (Å²) in [7, 11) is 3.22. The van der Waals surface area contributed by atoms with E-state index in [1.807, 2.05) is 66.4 Å². The highest BCUT2D eigenvalue weighted by Crippen LogP contribution is 2.35. The lowest BCUT2D eigenvalue weighted by Gasteiger charge is -2.39. The van der Waals surface area contributed by atoms with E-state index in [1.165, 1.54) is 0 Å². The maximum Gasteiger partial charge on any atom is 0.331 e. The topological polar surface area (TPSA) is 122 Å². The Morgan fingerprint density at radius 1 is 0.956 bits per heavy atom. The van der Waals surface area contributed by atoms with Crippen LogP contribution in [0, 0.1) is 6.92 Å². The average molecular weight is 615 g/mol. The summed E-state index contributed by atoms with van der Waals surface area (Å²) in [5.41, 5.74) is 4.90. The Hall–Kier alpha value is -4.52. The van der Waals surface area contributed by atoms with Crippen molar-refractivity contribution in [2.75, 3.05) is 90.1 Å². The van der Waals surface area contributed by atoms with Crippen LogP contribution in [0.3, 0.4) is 0 Å². The van der Waals surface area contributed by atoms with Crippen molar-refractivity contribution in [1.29, 1.82) is 0 Å². The van der Waals surface area contributed by atoms with E-state index in [9.17, 15) is 9.90 Å². The molecule has 0 atom stereocenters. The molecule has 2 aromatic carbocycles. The molecular weight excluding hydrogens is 574 g/mol. The number of methoxy groups -OCH3 is 2. The molecule has 0 bridgehead atoms. The van der Waals surface area contributed by atoms with E-state index in [2.05, 4.69) is 10.2 Å². The Labute approximate surface area is 262 Å². The molecule has 2 aliphatic heterocycles. The number of rotatable bonds is 8. The Morgan fingerprint density at radius 3 is 2.44 bits per heavy atom. The second kappa shape index (κ2) is 13.2. The fourth-order valence-electron chi connectivity index (χ4n) is 6.03. The molecule has 4 heterocycles. The number of carbonyl (C=O) groups excluding carboxylic acids is 1. The summed E-state index contributed by atoms with van der Waals surface area (Å²) in [5, 5.41) is 13.0. The van der Waals surface area contributed by atoms with Gasteiger partial charge in [-0.25, -0.2) is 9.78 Å². The van der Waals surface area contributed by atoms with E-state index in [0.717, 1.165) is 33.8 Å². The quantitative estimate of drug-likeness (QED) is 0.286. The normalized spacial score (nSPS) is 16.4. The number of fused-ring (bicyclic) bond motifs is 1. The minimum absolute atomic E-state index is 0.0158. The van der Waals surface area contributed by atoms with Crippen molar-refractivity contribution in [2.45, 2.75) is 6.92 Å². The second-order valence-corrected chi connectivity index (χ2v) is 11.4. The van der Waals surface area contributed by atoms with Gasteiger partial charge in [-0.3, -0.25) is 4.48 Å². The zero-order chi connectivity index (χ0) is 31.4. The van der Waals surface area contributed by atoms with Crippen LogP contribution >= 0.6 is 0 Å². The molecule has 45 heavy (non-hydrogen) atoms. The minimum atomic E-state index is -0.122. The maximum absolute atomic E-state index is 13.1. The smallest absolute Gasteiger partial charge is 0.331 e. The minimum Gasteiger partial charge on any atom is -0.493 e. The molecule has 2 fully saturated rings. The first-order valence-corrected chi connectivity index (χ1v) is 15.3. The van der Waals surface area contributed by atoms with Crippen LogP contribution in [0.1, 0.15) is 5.56 Å². The Balaban J connectivity index is 1.35. The van der Waals surface area contributed by atoms with E-state index in [1.54, 1.807) is 14.2 Å². The number of morpholine rings is 1. The van der Waals surface area contributed by atoms with Gasteiger partial charge < -0.3 is 34.4 Å². The van der Waals surface area contributed by atoms with Crippen molar-refractivity contribution < 1.29 is 24.1 Å². The number of aromatic nitrogens is 3. The molecule has 2 aromatic heterocycles. The summed E-state index contributed by atoms with van der Waals surface area (Å²) < 4.78 is 17.1. The molecule has 236 valence electrons. The van der Waals surface area contributed by atoms with Gasteiger partial charge in [0, 0.05) is 37.4 Å². The molecule has 2 saturated heterocycles. The molecule has 12 nitrogen and oxygen atoms in total. The number of carbonyl (C=O) groups is 1. The Bertz CT molecular complexity index is 1660. The summed E-state index contributed by atoms with van der Waals surface area (Å²) in [5.74, 6) is 2.63. The number of anilines is 2. The number of aryl methyl sites for hydroxylation is 1. The maximum atomic E-state index is 13.1. The number of ether oxygens (including phenoxy) is 3. The van der Waals surface area contributed by atoms with Gasteiger partial charge in [-0.2, -0.15) is 9.97 Å². The highest BCUT2D eigenvalue weighted by atomic mass is 16.5. The number of aliphatic hydroxyl groups is 1. The fraction of sp³-hybridized carbons (Fsp3) is 0.394. The molecular formula is C33H40N7O5+. The van der Waals surface area contributed by atoms with Gasteiger partial charge in [-0.05, 0) is 55.0 Å². The van der Waals surface area contributed by atoms with Crippen molar-refractivity contribution in [3.63, 3.8) is 0 Å². The molecule has 6 rings (SSSR count). The summed E-state index contributed by atoms with van der Waals surface area (Å²) in [4.78, 5) is 32.4. The number of urea groups is 1. The van der Waals surface area contributed by atoms with E-state index in [-0.39, 0.29) is 12.6 Å². The highest BCUT2D eigenvalue weighted by Gasteiger charge is 2.37. The zero-order valence-electron chi connectivity index (χ0n) is 26.0. The first kappa shape index (κ1) is 30.5. The van der Waals surface area contributed by atoms with Crippen LogP contribution < -0.4 is 24.2 Å². The van der Waals surface area contributed by atoms with Gasteiger partial charge in [0.05, 0.1) is 39.7 Å². The number of hydrogen-bond donors (Lipinski definition) is 2. The fourth-order valence-corrected chi connectivity index (χ4v) is 6.03. The van der Waals surface area contributed by atoms with Gasteiger partial charge in [0.15, 0.2) is 17.3 Å². The number of nitrogens with zero attached hydrogens (tertiary/aromatic N) is 6. The zero-order valence-corrected chi connectivity index (χ0v) is 26.0.